The Hall–Kier alpha value is -0.340. The van der Waals surface area contributed by atoms with Crippen LogP contribution in [-0.2, 0) is 10.0 Å². The summed E-state index contributed by atoms with van der Waals surface area (Å²) in [5, 5.41) is 3.18. The zero-order valence-electron chi connectivity index (χ0n) is 13.0. The Bertz CT molecular complexity index is 610. The highest BCUT2D eigenvalue weighted by Gasteiger charge is 2.31. The van der Waals surface area contributed by atoms with Crippen molar-refractivity contribution in [1.29, 1.82) is 0 Å². The van der Waals surface area contributed by atoms with Gasteiger partial charge in [-0.2, -0.15) is 4.31 Å². The van der Waals surface area contributed by atoms with E-state index >= 15 is 0 Å². The molecule has 1 N–H and O–H groups in total. The summed E-state index contributed by atoms with van der Waals surface area (Å²) in [6, 6.07) is 5.64. The van der Waals surface area contributed by atoms with Crippen molar-refractivity contribution in [1.82, 2.24) is 9.62 Å². The Balaban J connectivity index is 0.00000242. The number of hydrogen-bond donors (Lipinski definition) is 1. The third-order valence-electron chi connectivity index (χ3n) is 3.84. The summed E-state index contributed by atoms with van der Waals surface area (Å²) in [5.74, 6) is 0. The van der Waals surface area contributed by atoms with Gasteiger partial charge in [0.2, 0.25) is 10.0 Å². The molecule has 0 aromatic heterocycles. The number of benzene rings is 1. The van der Waals surface area contributed by atoms with Gasteiger partial charge in [0.1, 0.15) is 0 Å². The molecule has 1 fully saturated rings. The lowest BCUT2D eigenvalue weighted by Crippen LogP contribution is -2.46. The maximum Gasteiger partial charge on any atom is 0.244 e. The van der Waals surface area contributed by atoms with Gasteiger partial charge in [0, 0.05) is 43.4 Å². The van der Waals surface area contributed by atoms with Crippen LogP contribution in [0.25, 0.3) is 0 Å². The van der Waals surface area contributed by atoms with Crippen molar-refractivity contribution in [3.63, 3.8) is 0 Å². The molecule has 1 aliphatic heterocycles. The summed E-state index contributed by atoms with van der Waals surface area (Å²) >= 11 is 3.37. The average molecular weight is 413 g/mol. The van der Waals surface area contributed by atoms with E-state index in [0.717, 1.165) is 18.5 Å². The topological polar surface area (TPSA) is 52.7 Å². The van der Waals surface area contributed by atoms with Crippen LogP contribution in [0.15, 0.2) is 27.6 Å². The summed E-state index contributed by atoms with van der Waals surface area (Å²) < 4.78 is 28.0. The number of anilines is 1. The van der Waals surface area contributed by atoms with Gasteiger partial charge in [0.15, 0.2) is 0 Å². The third kappa shape index (κ3) is 4.14. The van der Waals surface area contributed by atoms with Gasteiger partial charge in [-0.1, -0.05) is 0 Å². The predicted molar refractivity (Wildman–Crippen MR) is 96.6 cm³/mol. The van der Waals surface area contributed by atoms with Crippen LogP contribution in [0.1, 0.15) is 12.8 Å². The Morgan fingerprint density at radius 2 is 2.05 bits per heavy atom. The second kappa shape index (κ2) is 7.97. The molecule has 1 aromatic rings. The Morgan fingerprint density at radius 3 is 2.64 bits per heavy atom. The molecule has 22 heavy (non-hydrogen) atoms. The lowest BCUT2D eigenvalue weighted by Gasteiger charge is -2.32. The minimum Gasteiger partial charge on any atom is -0.378 e. The van der Waals surface area contributed by atoms with Gasteiger partial charge in [-0.3, -0.25) is 0 Å². The first-order valence-corrected chi connectivity index (χ1v) is 9.24. The third-order valence-corrected chi connectivity index (χ3v) is 6.70. The number of piperidine rings is 1. The normalized spacial score (nSPS) is 19.5. The van der Waals surface area contributed by atoms with Crippen molar-refractivity contribution in [2.24, 2.45) is 0 Å². The van der Waals surface area contributed by atoms with Gasteiger partial charge < -0.3 is 10.2 Å². The molecule has 126 valence electrons. The number of sulfonamides is 1. The quantitative estimate of drug-likeness (QED) is 0.824. The standard InChI is InChI=1S/C14H22BrN3O2S.ClH/c1-16-11-5-4-8-18(10-11)21(19,20)14-9-12(17(2)3)6-7-13(14)15;/h6-7,9,11,16H,4-5,8,10H2,1-3H3;1H. The van der Waals surface area contributed by atoms with E-state index in [2.05, 4.69) is 21.2 Å². The van der Waals surface area contributed by atoms with E-state index in [1.54, 1.807) is 16.4 Å². The highest BCUT2D eigenvalue weighted by molar-refractivity contribution is 9.10. The van der Waals surface area contributed by atoms with Crippen LogP contribution in [0, 0.1) is 0 Å². The van der Waals surface area contributed by atoms with Crippen LogP contribution in [0.2, 0.25) is 0 Å². The van der Waals surface area contributed by atoms with E-state index in [1.807, 2.05) is 32.1 Å². The van der Waals surface area contributed by atoms with Crippen LogP contribution in [0.5, 0.6) is 0 Å². The molecule has 1 saturated heterocycles. The molecule has 0 spiro atoms. The molecular weight excluding hydrogens is 390 g/mol. The number of rotatable bonds is 4. The summed E-state index contributed by atoms with van der Waals surface area (Å²) in [5.41, 5.74) is 0.874. The van der Waals surface area contributed by atoms with Gasteiger partial charge in [0.05, 0.1) is 4.90 Å². The summed E-state index contributed by atoms with van der Waals surface area (Å²) in [6.07, 6.45) is 1.90. The van der Waals surface area contributed by atoms with Crippen molar-refractivity contribution < 1.29 is 8.42 Å². The minimum atomic E-state index is -3.47. The van der Waals surface area contributed by atoms with Crippen LogP contribution >= 0.6 is 28.3 Å². The molecule has 1 aliphatic rings. The zero-order valence-corrected chi connectivity index (χ0v) is 16.3. The largest absolute Gasteiger partial charge is 0.378 e. The summed E-state index contributed by atoms with van der Waals surface area (Å²) in [6.45, 7) is 1.11. The van der Waals surface area contributed by atoms with Gasteiger partial charge >= 0.3 is 0 Å². The van der Waals surface area contributed by atoms with E-state index < -0.39 is 10.0 Å². The van der Waals surface area contributed by atoms with E-state index in [1.165, 1.54) is 0 Å². The second-order valence-electron chi connectivity index (χ2n) is 5.50. The fourth-order valence-corrected chi connectivity index (χ4v) is 4.97. The number of nitrogens with zero attached hydrogens (tertiary/aromatic N) is 2. The molecule has 0 amide bonds. The molecule has 0 saturated carbocycles. The van der Waals surface area contributed by atoms with E-state index in [9.17, 15) is 8.42 Å². The maximum atomic E-state index is 12.9. The molecule has 1 unspecified atom stereocenters. The predicted octanol–water partition coefficient (Wildman–Crippen LogP) is 2.31. The molecule has 0 bridgehead atoms. The van der Waals surface area contributed by atoms with E-state index in [0.29, 0.717) is 22.5 Å². The maximum absolute atomic E-state index is 12.9. The fraction of sp³-hybridized carbons (Fsp3) is 0.571. The molecule has 5 nitrogen and oxygen atoms in total. The van der Waals surface area contributed by atoms with Crippen LogP contribution in [0.4, 0.5) is 5.69 Å². The van der Waals surface area contributed by atoms with Crippen molar-refractivity contribution in [3.8, 4) is 0 Å². The van der Waals surface area contributed by atoms with Crippen molar-refractivity contribution in [2.45, 2.75) is 23.8 Å². The zero-order chi connectivity index (χ0) is 15.6. The molecule has 1 atom stereocenters. The minimum absolute atomic E-state index is 0. The molecule has 0 aliphatic carbocycles. The van der Waals surface area contributed by atoms with Gasteiger partial charge in [-0.25, -0.2) is 8.42 Å². The van der Waals surface area contributed by atoms with Gasteiger partial charge in [-0.05, 0) is 54.0 Å². The molecule has 1 heterocycles. The number of nitrogens with one attached hydrogen (secondary N) is 1. The van der Waals surface area contributed by atoms with Crippen LogP contribution in [-0.4, -0.2) is 53.0 Å². The van der Waals surface area contributed by atoms with Crippen LogP contribution < -0.4 is 10.2 Å². The first-order valence-electron chi connectivity index (χ1n) is 7.00. The number of halogens is 2. The van der Waals surface area contributed by atoms with E-state index in [4.69, 9.17) is 0 Å². The van der Waals surface area contributed by atoms with Crippen molar-refractivity contribution >= 4 is 44.0 Å². The van der Waals surface area contributed by atoms with E-state index in [-0.39, 0.29) is 18.4 Å². The molecule has 8 heteroatoms. The SMILES string of the molecule is CNC1CCCN(S(=O)(=O)c2cc(N(C)C)ccc2Br)C1.Cl. The first kappa shape index (κ1) is 19.7. The first-order chi connectivity index (χ1) is 9.86. The fourth-order valence-electron chi connectivity index (χ4n) is 2.50. The second-order valence-corrected chi connectivity index (χ2v) is 8.26. The lowest BCUT2D eigenvalue weighted by molar-refractivity contribution is 0.292. The Morgan fingerprint density at radius 1 is 1.36 bits per heavy atom. The Kier molecular flexibility index (Phi) is 7.14. The number of likely N-dealkylation sites (N-methyl/N-ethyl adjacent to an activating group) is 1. The number of hydrogen-bond acceptors (Lipinski definition) is 4. The molecule has 1 aromatic carbocycles. The highest BCUT2D eigenvalue weighted by Crippen LogP contribution is 2.30. The summed E-state index contributed by atoms with van der Waals surface area (Å²) in [7, 11) is 2.21. The van der Waals surface area contributed by atoms with Crippen molar-refractivity contribution in [2.75, 3.05) is 39.1 Å². The summed E-state index contributed by atoms with van der Waals surface area (Å²) in [4.78, 5) is 2.24. The monoisotopic (exact) mass is 411 g/mol. The molecule has 2 rings (SSSR count). The smallest absolute Gasteiger partial charge is 0.244 e. The molecule has 0 radical (unpaired) electrons. The molecular formula is C14H23BrClN3O2S. The van der Waals surface area contributed by atoms with Gasteiger partial charge in [-0.15, -0.1) is 12.4 Å². The van der Waals surface area contributed by atoms with Crippen LogP contribution in [0.3, 0.4) is 0 Å². The highest BCUT2D eigenvalue weighted by atomic mass is 79.9. The van der Waals surface area contributed by atoms with Gasteiger partial charge in [0.25, 0.3) is 0 Å². The Labute approximate surface area is 147 Å². The lowest BCUT2D eigenvalue weighted by atomic mass is 10.1. The average Bonchev–Trinajstić information content (AvgIpc) is 2.47. The van der Waals surface area contributed by atoms with Crippen molar-refractivity contribution in [3.05, 3.63) is 22.7 Å².